The first-order valence-electron chi connectivity index (χ1n) is 8.90. The number of anilines is 2. The largest absolute Gasteiger partial charge is 0.497 e. The third-order valence-electron chi connectivity index (χ3n) is 4.93. The van der Waals surface area contributed by atoms with E-state index in [1.165, 1.54) is 11.3 Å². The van der Waals surface area contributed by atoms with Gasteiger partial charge in [-0.25, -0.2) is 4.98 Å². The molecule has 1 amide bonds. The van der Waals surface area contributed by atoms with E-state index in [9.17, 15) is 4.79 Å². The lowest BCUT2D eigenvalue weighted by molar-refractivity contribution is 0.0752. The van der Waals surface area contributed by atoms with Crippen molar-refractivity contribution >= 4 is 38.8 Å². The van der Waals surface area contributed by atoms with Gasteiger partial charge in [0.25, 0.3) is 5.91 Å². The Kier molecular flexibility index (Phi) is 4.61. The number of nitrogens with two attached hydrogens (primary N) is 1. The minimum Gasteiger partial charge on any atom is -0.497 e. The van der Waals surface area contributed by atoms with Crippen LogP contribution in [0.2, 0.25) is 0 Å². The van der Waals surface area contributed by atoms with Crippen molar-refractivity contribution in [3.63, 3.8) is 0 Å². The standard InChI is InChI=1S/C20H22N4O2S/c1-13-3-8-16-17(21)18(27-19(16)22-13)20(25)24-11-9-23(10-12-24)14-4-6-15(26-2)7-5-14/h3-8H,9-12,21H2,1-2H3. The predicted molar refractivity (Wildman–Crippen MR) is 110 cm³/mol. The van der Waals surface area contributed by atoms with Gasteiger partial charge in [0.2, 0.25) is 0 Å². The molecule has 1 aliphatic rings. The van der Waals surface area contributed by atoms with E-state index in [4.69, 9.17) is 10.5 Å². The summed E-state index contributed by atoms with van der Waals surface area (Å²) < 4.78 is 5.21. The first-order chi connectivity index (χ1) is 13.1. The maximum atomic E-state index is 13.0. The maximum absolute atomic E-state index is 13.0. The highest BCUT2D eigenvalue weighted by Gasteiger charge is 2.26. The molecule has 2 N–H and O–H groups in total. The van der Waals surface area contributed by atoms with Gasteiger partial charge in [-0.05, 0) is 43.3 Å². The Hall–Kier alpha value is -2.80. The van der Waals surface area contributed by atoms with E-state index in [0.29, 0.717) is 23.7 Å². The number of rotatable bonds is 3. The van der Waals surface area contributed by atoms with Gasteiger partial charge in [-0.2, -0.15) is 0 Å². The van der Waals surface area contributed by atoms with Crippen molar-refractivity contribution < 1.29 is 9.53 Å². The second kappa shape index (κ2) is 7.08. The molecule has 0 saturated carbocycles. The van der Waals surface area contributed by atoms with Crippen molar-refractivity contribution in [3.05, 3.63) is 47.0 Å². The van der Waals surface area contributed by atoms with Crippen LogP contribution in [0.1, 0.15) is 15.4 Å². The molecule has 7 heteroatoms. The number of benzene rings is 1. The number of carbonyl (C=O) groups excluding carboxylic acids is 1. The first kappa shape index (κ1) is 17.6. The summed E-state index contributed by atoms with van der Waals surface area (Å²) in [5, 5.41) is 0.866. The number of piperazine rings is 1. The van der Waals surface area contributed by atoms with E-state index in [0.717, 1.165) is 40.4 Å². The zero-order valence-corrected chi connectivity index (χ0v) is 16.3. The van der Waals surface area contributed by atoms with Gasteiger partial charge in [0.05, 0.1) is 12.8 Å². The predicted octanol–water partition coefficient (Wildman–Crippen LogP) is 3.16. The summed E-state index contributed by atoms with van der Waals surface area (Å²) in [6.07, 6.45) is 0. The van der Waals surface area contributed by atoms with Gasteiger partial charge < -0.3 is 20.3 Å². The van der Waals surface area contributed by atoms with Crippen LogP contribution in [0.3, 0.4) is 0 Å². The number of nitrogens with zero attached hydrogens (tertiary/aromatic N) is 3. The van der Waals surface area contributed by atoms with Crippen molar-refractivity contribution in [1.29, 1.82) is 0 Å². The van der Waals surface area contributed by atoms with E-state index in [2.05, 4.69) is 9.88 Å². The number of nitrogen functional groups attached to an aromatic ring is 1. The van der Waals surface area contributed by atoms with Crippen LogP contribution >= 0.6 is 11.3 Å². The second-order valence-corrected chi connectivity index (χ2v) is 7.63. The summed E-state index contributed by atoms with van der Waals surface area (Å²) in [4.78, 5) is 23.1. The Morgan fingerprint density at radius 1 is 1.11 bits per heavy atom. The fraction of sp³-hybridized carbons (Fsp3) is 0.300. The fourth-order valence-electron chi connectivity index (χ4n) is 3.35. The van der Waals surface area contributed by atoms with Crippen LogP contribution in [0.25, 0.3) is 10.2 Å². The van der Waals surface area contributed by atoms with Crippen LogP contribution in [-0.2, 0) is 0 Å². The zero-order valence-electron chi connectivity index (χ0n) is 15.4. The molecule has 1 aromatic carbocycles. The Balaban J connectivity index is 1.47. The Morgan fingerprint density at radius 2 is 1.81 bits per heavy atom. The van der Waals surface area contributed by atoms with Crippen LogP contribution in [0, 0.1) is 6.92 Å². The topological polar surface area (TPSA) is 71.7 Å². The number of methoxy groups -OCH3 is 1. The van der Waals surface area contributed by atoms with Crippen LogP contribution in [0.15, 0.2) is 36.4 Å². The lowest BCUT2D eigenvalue weighted by Crippen LogP contribution is -2.48. The van der Waals surface area contributed by atoms with Crippen molar-refractivity contribution in [2.24, 2.45) is 0 Å². The van der Waals surface area contributed by atoms with Crippen LogP contribution in [-0.4, -0.2) is 49.1 Å². The first-order valence-corrected chi connectivity index (χ1v) is 9.72. The molecule has 0 bridgehead atoms. The number of aromatic nitrogens is 1. The van der Waals surface area contributed by atoms with Gasteiger partial charge in [0.1, 0.15) is 15.5 Å². The van der Waals surface area contributed by atoms with E-state index in [1.807, 2.05) is 48.2 Å². The number of carbonyl (C=O) groups is 1. The normalized spacial score (nSPS) is 14.6. The van der Waals surface area contributed by atoms with Gasteiger partial charge >= 0.3 is 0 Å². The van der Waals surface area contributed by atoms with E-state index in [-0.39, 0.29) is 5.91 Å². The molecule has 0 atom stereocenters. The van der Waals surface area contributed by atoms with Crippen molar-refractivity contribution in [3.8, 4) is 5.75 Å². The molecule has 0 spiro atoms. The highest BCUT2D eigenvalue weighted by atomic mass is 32.1. The fourth-order valence-corrected chi connectivity index (χ4v) is 4.46. The van der Waals surface area contributed by atoms with Crippen molar-refractivity contribution in [2.75, 3.05) is 43.9 Å². The van der Waals surface area contributed by atoms with Crippen LogP contribution in [0.5, 0.6) is 5.75 Å². The summed E-state index contributed by atoms with van der Waals surface area (Å²) >= 11 is 1.39. The lowest BCUT2D eigenvalue weighted by Gasteiger charge is -2.36. The third kappa shape index (κ3) is 3.30. The molecule has 1 saturated heterocycles. The maximum Gasteiger partial charge on any atom is 0.266 e. The summed E-state index contributed by atoms with van der Waals surface area (Å²) in [5.74, 6) is 0.846. The molecule has 1 aliphatic heterocycles. The molecule has 0 aliphatic carbocycles. The van der Waals surface area contributed by atoms with Gasteiger partial charge in [0, 0.05) is 42.9 Å². The molecule has 6 nitrogen and oxygen atoms in total. The Bertz CT molecular complexity index is 976. The van der Waals surface area contributed by atoms with E-state index in [1.54, 1.807) is 7.11 Å². The minimum atomic E-state index is 0.00235. The highest BCUT2D eigenvalue weighted by Crippen LogP contribution is 2.33. The minimum absolute atomic E-state index is 0.00235. The molecule has 140 valence electrons. The van der Waals surface area contributed by atoms with Gasteiger partial charge in [-0.15, -0.1) is 11.3 Å². The van der Waals surface area contributed by atoms with Crippen LogP contribution < -0.4 is 15.4 Å². The molecule has 3 aromatic rings. The number of thiophene rings is 1. The summed E-state index contributed by atoms with van der Waals surface area (Å²) in [7, 11) is 1.66. The van der Waals surface area contributed by atoms with Gasteiger partial charge in [0.15, 0.2) is 0 Å². The number of aryl methyl sites for hydroxylation is 1. The summed E-state index contributed by atoms with van der Waals surface area (Å²) in [6.45, 7) is 4.87. The molecule has 1 fully saturated rings. The van der Waals surface area contributed by atoms with Gasteiger partial charge in [-0.1, -0.05) is 0 Å². The number of ether oxygens (including phenoxy) is 1. The molecular weight excluding hydrogens is 360 g/mol. The zero-order chi connectivity index (χ0) is 19.0. The van der Waals surface area contributed by atoms with Crippen molar-refractivity contribution in [1.82, 2.24) is 9.88 Å². The lowest BCUT2D eigenvalue weighted by atomic mass is 10.2. The van der Waals surface area contributed by atoms with E-state index < -0.39 is 0 Å². The smallest absolute Gasteiger partial charge is 0.266 e. The third-order valence-corrected chi connectivity index (χ3v) is 6.03. The molecule has 0 radical (unpaired) electrons. The summed E-state index contributed by atoms with van der Waals surface area (Å²) in [6, 6.07) is 11.9. The Labute approximate surface area is 162 Å². The Morgan fingerprint density at radius 3 is 2.48 bits per heavy atom. The van der Waals surface area contributed by atoms with E-state index >= 15 is 0 Å². The number of pyridine rings is 1. The number of hydrogen-bond acceptors (Lipinski definition) is 6. The molecule has 27 heavy (non-hydrogen) atoms. The average molecular weight is 382 g/mol. The molecule has 4 rings (SSSR count). The molecular formula is C20H22N4O2S. The monoisotopic (exact) mass is 382 g/mol. The second-order valence-electron chi connectivity index (χ2n) is 6.63. The molecule has 3 heterocycles. The molecule has 2 aromatic heterocycles. The summed E-state index contributed by atoms with van der Waals surface area (Å²) in [5.41, 5.74) is 8.86. The van der Waals surface area contributed by atoms with Gasteiger partial charge in [-0.3, -0.25) is 4.79 Å². The average Bonchev–Trinajstić information content (AvgIpc) is 3.03. The number of amides is 1. The highest BCUT2D eigenvalue weighted by molar-refractivity contribution is 7.21. The number of fused-ring (bicyclic) bond motifs is 1. The van der Waals surface area contributed by atoms with Crippen molar-refractivity contribution in [2.45, 2.75) is 6.92 Å². The van der Waals surface area contributed by atoms with Crippen LogP contribution in [0.4, 0.5) is 11.4 Å². The quantitative estimate of drug-likeness (QED) is 0.753. The SMILES string of the molecule is COc1ccc(N2CCN(C(=O)c3sc4nc(C)ccc4c3N)CC2)cc1. The molecule has 0 unspecified atom stereocenters. The number of hydrogen-bond donors (Lipinski definition) is 1.